The first-order valence-electron chi connectivity index (χ1n) is 7.52. The van der Waals surface area contributed by atoms with E-state index in [1.54, 1.807) is 16.8 Å². The van der Waals surface area contributed by atoms with Crippen LogP contribution in [0.25, 0.3) is 0 Å². The molecule has 0 saturated carbocycles. The number of nitrogens with two attached hydrogens (primary N) is 1. The highest BCUT2D eigenvalue weighted by Gasteiger charge is 2.25. The number of carbonyl (C=O) groups excluding carboxylic acids is 1. The fourth-order valence-corrected chi connectivity index (χ4v) is 2.61. The molecule has 1 aromatic heterocycles. The van der Waals surface area contributed by atoms with Crippen molar-refractivity contribution in [3.63, 3.8) is 0 Å². The number of carbonyl (C=O) groups is 1. The fraction of sp³-hybridized carbons (Fsp3) is 0.667. The predicted octanol–water partition coefficient (Wildman–Crippen LogP) is 1.27. The van der Waals surface area contributed by atoms with Crippen molar-refractivity contribution in [2.45, 2.75) is 25.9 Å². The van der Waals surface area contributed by atoms with Crippen LogP contribution in [0.1, 0.15) is 30.3 Å². The third-order valence-electron chi connectivity index (χ3n) is 3.76. The van der Waals surface area contributed by atoms with Crippen molar-refractivity contribution < 1.29 is 14.3 Å². The van der Waals surface area contributed by atoms with Crippen LogP contribution in [-0.2, 0) is 16.5 Å². The molecule has 6 nitrogen and oxygen atoms in total. The van der Waals surface area contributed by atoms with Gasteiger partial charge in [-0.1, -0.05) is 0 Å². The average Bonchev–Trinajstić information content (AvgIpc) is 2.82. The average molecular weight is 295 g/mol. The molecule has 2 heterocycles. The molecule has 1 saturated heterocycles. The highest BCUT2D eigenvalue weighted by atomic mass is 16.5. The second-order valence-corrected chi connectivity index (χ2v) is 5.33. The molecule has 1 aromatic rings. The maximum atomic E-state index is 12.4. The lowest BCUT2D eigenvalue weighted by Crippen LogP contribution is -2.41. The second kappa shape index (κ2) is 7.47. The Morgan fingerprint density at radius 3 is 2.67 bits per heavy atom. The van der Waals surface area contributed by atoms with Crippen LogP contribution in [0.2, 0.25) is 0 Å². The number of amides is 1. The van der Waals surface area contributed by atoms with Crippen molar-refractivity contribution in [1.29, 1.82) is 0 Å². The van der Waals surface area contributed by atoms with Gasteiger partial charge < -0.3 is 24.7 Å². The normalized spacial score (nSPS) is 16.4. The number of piperidine rings is 1. The predicted molar refractivity (Wildman–Crippen MR) is 81.2 cm³/mol. The maximum absolute atomic E-state index is 12.4. The van der Waals surface area contributed by atoms with Gasteiger partial charge >= 0.3 is 0 Å². The van der Waals surface area contributed by atoms with Crippen molar-refractivity contribution in [2.24, 2.45) is 7.05 Å². The van der Waals surface area contributed by atoms with E-state index in [0.29, 0.717) is 24.6 Å². The summed E-state index contributed by atoms with van der Waals surface area (Å²) < 4.78 is 12.8. The van der Waals surface area contributed by atoms with Crippen LogP contribution in [0.4, 0.5) is 5.69 Å². The zero-order chi connectivity index (χ0) is 15.2. The number of rotatable bonds is 6. The molecule has 0 radical (unpaired) electrons. The van der Waals surface area contributed by atoms with E-state index < -0.39 is 0 Å². The van der Waals surface area contributed by atoms with E-state index in [9.17, 15) is 4.79 Å². The van der Waals surface area contributed by atoms with Crippen molar-refractivity contribution in [3.05, 3.63) is 18.0 Å². The Kier molecular flexibility index (Phi) is 5.64. The number of nitrogen functional groups attached to an aromatic ring is 1. The Morgan fingerprint density at radius 1 is 1.38 bits per heavy atom. The SMILES string of the molecule is CCOCCOC1CCN(C(=O)c2cc(N)cn2C)CC1. The van der Waals surface area contributed by atoms with Gasteiger partial charge in [0.25, 0.3) is 5.91 Å². The number of aromatic nitrogens is 1. The summed E-state index contributed by atoms with van der Waals surface area (Å²) in [5.74, 6) is 0.0435. The van der Waals surface area contributed by atoms with Gasteiger partial charge in [0.05, 0.1) is 25.0 Å². The first kappa shape index (κ1) is 15.9. The maximum Gasteiger partial charge on any atom is 0.270 e. The Labute approximate surface area is 125 Å². The molecule has 1 aliphatic rings. The fourth-order valence-electron chi connectivity index (χ4n) is 2.61. The summed E-state index contributed by atoms with van der Waals surface area (Å²) in [7, 11) is 1.84. The van der Waals surface area contributed by atoms with Gasteiger partial charge in [-0.2, -0.15) is 0 Å². The Balaban J connectivity index is 1.78. The molecule has 0 spiro atoms. The Hall–Kier alpha value is -1.53. The molecular weight excluding hydrogens is 270 g/mol. The summed E-state index contributed by atoms with van der Waals surface area (Å²) >= 11 is 0. The Morgan fingerprint density at radius 2 is 2.10 bits per heavy atom. The topological polar surface area (TPSA) is 69.7 Å². The molecule has 0 atom stereocenters. The number of aryl methyl sites for hydroxylation is 1. The Bertz CT molecular complexity index is 465. The van der Waals surface area contributed by atoms with Gasteiger partial charge in [0.15, 0.2) is 0 Å². The van der Waals surface area contributed by atoms with Crippen LogP contribution < -0.4 is 5.73 Å². The van der Waals surface area contributed by atoms with Crippen molar-refractivity contribution in [1.82, 2.24) is 9.47 Å². The van der Waals surface area contributed by atoms with Crippen LogP contribution in [0, 0.1) is 0 Å². The van der Waals surface area contributed by atoms with E-state index in [-0.39, 0.29) is 12.0 Å². The van der Waals surface area contributed by atoms with Gasteiger partial charge in [-0.25, -0.2) is 0 Å². The third kappa shape index (κ3) is 4.22. The van der Waals surface area contributed by atoms with Crippen molar-refractivity contribution >= 4 is 11.6 Å². The number of anilines is 1. The smallest absolute Gasteiger partial charge is 0.270 e. The van der Waals surface area contributed by atoms with Crippen LogP contribution in [0.3, 0.4) is 0 Å². The van der Waals surface area contributed by atoms with Gasteiger partial charge in [0.2, 0.25) is 0 Å². The second-order valence-electron chi connectivity index (χ2n) is 5.33. The van der Waals surface area contributed by atoms with Gasteiger partial charge in [-0.3, -0.25) is 4.79 Å². The van der Waals surface area contributed by atoms with Gasteiger partial charge in [0, 0.05) is 32.9 Å². The summed E-state index contributed by atoms with van der Waals surface area (Å²) in [5.41, 5.74) is 6.99. The third-order valence-corrected chi connectivity index (χ3v) is 3.76. The van der Waals surface area contributed by atoms with Gasteiger partial charge in [-0.05, 0) is 25.8 Å². The minimum Gasteiger partial charge on any atom is -0.397 e. The molecule has 2 N–H and O–H groups in total. The van der Waals surface area contributed by atoms with E-state index >= 15 is 0 Å². The lowest BCUT2D eigenvalue weighted by molar-refractivity contribution is -0.0183. The molecule has 1 aliphatic heterocycles. The molecule has 1 fully saturated rings. The summed E-state index contributed by atoms with van der Waals surface area (Å²) in [6, 6.07) is 1.73. The van der Waals surface area contributed by atoms with Crippen LogP contribution in [0.15, 0.2) is 12.3 Å². The number of hydrogen-bond donors (Lipinski definition) is 1. The number of ether oxygens (including phenoxy) is 2. The van der Waals surface area contributed by atoms with E-state index in [2.05, 4.69) is 0 Å². The van der Waals surface area contributed by atoms with Crippen LogP contribution in [0.5, 0.6) is 0 Å². The zero-order valence-electron chi connectivity index (χ0n) is 12.9. The van der Waals surface area contributed by atoms with Crippen LogP contribution in [-0.4, -0.2) is 54.4 Å². The minimum absolute atomic E-state index is 0.0435. The molecular formula is C15H25N3O3. The van der Waals surface area contributed by atoms with Crippen molar-refractivity contribution in [3.8, 4) is 0 Å². The standard InChI is InChI=1S/C15H25N3O3/c1-3-20-8-9-21-13-4-6-18(7-5-13)15(19)14-10-12(16)11-17(14)2/h10-11,13H,3-9,16H2,1-2H3. The molecule has 2 rings (SSSR count). The molecule has 21 heavy (non-hydrogen) atoms. The molecule has 0 aromatic carbocycles. The largest absolute Gasteiger partial charge is 0.397 e. The summed E-state index contributed by atoms with van der Waals surface area (Å²) in [5, 5.41) is 0. The lowest BCUT2D eigenvalue weighted by atomic mass is 10.1. The van der Waals surface area contributed by atoms with E-state index in [1.165, 1.54) is 0 Å². The number of nitrogens with zero attached hydrogens (tertiary/aromatic N) is 2. The highest BCUT2D eigenvalue weighted by Crippen LogP contribution is 2.18. The molecule has 1 amide bonds. The summed E-state index contributed by atoms with van der Waals surface area (Å²) in [4.78, 5) is 14.3. The van der Waals surface area contributed by atoms with E-state index in [4.69, 9.17) is 15.2 Å². The molecule has 6 heteroatoms. The first-order valence-corrected chi connectivity index (χ1v) is 7.52. The first-order chi connectivity index (χ1) is 10.1. The molecule has 118 valence electrons. The number of likely N-dealkylation sites (tertiary alicyclic amines) is 1. The molecule has 0 aliphatic carbocycles. The number of hydrogen-bond acceptors (Lipinski definition) is 4. The van der Waals surface area contributed by atoms with Gasteiger partial charge in [-0.15, -0.1) is 0 Å². The van der Waals surface area contributed by atoms with Gasteiger partial charge in [0.1, 0.15) is 5.69 Å². The zero-order valence-corrected chi connectivity index (χ0v) is 12.9. The highest BCUT2D eigenvalue weighted by molar-refractivity contribution is 5.93. The minimum atomic E-state index is 0.0435. The van der Waals surface area contributed by atoms with E-state index in [0.717, 1.165) is 32.5 Å². The summed E-state index contributed by atoms with van der Waals surface area (Å²) in [6.07, 6.45) is 3.74. The quantitative estimate of drug-likeness (QED) is 0.802. The van der Waals surface area contributed by atoms with Crippen molar-refractivity contribution in [2.75, 3.05) is 38.6 Å². The molecule has 0 bridgehead atoms. The van der Waals surface area contributed by atoms with Crippen LogP contribution >= 0.6 is 0 Å². The monoisotopic (exact) mass is 295 g/mol. The summed E-state index contributed by atoms with van der Waals surface area (Å²) in [6.45, 7) is 5.40. The van der Waals surface area contributed by atoms with E-state index in [1.807, 2.05) is 18.9 Å². The lowest BCUT2D eigenvalue weighted by Gasteiger charge is -2.32. The molecule has 0 unspecified atom stereocenters.